The number of nitrogens with one attached hydrogen (secondary N) is 1. The summed E-state index contributed by atoms with van der Waals surface area (Å²) in [5.41, 5.74) is 1.80. The summed E-state index contributed by atoms with van der Waals surface area (Å²) in [5, 5.41) is 3.36. The van der Waals surface area contributed by atoms with Crippen LogP contribution in [-0.4, -0.2) is 32.9 Å². The van der Waals surface area contributed by atoms with Gasteiger partial charge in [0.15, 0.2) is 6.10 Å². The predicted molar refractivity (Wildman–Crippen MR) is 93.2 cm³/mol. The Labute approximate surface area is 142 Å². The van der Waals surface area contributed by atoms with Gasteiger partial charge in [-0.1, -0.05) is 30.3 Å². The molecule has 2 aromatic rings. The summed E-state index contributed by atoms with van der Waals surface area (Å²) in [5.74, 6) is 0.375. The van der Waals surface area contributed by atoms with Crippen LogP contribution in [0.5, 0.6) is 5.75 Å². The molecule has 24 heavy (non-hydrogen) atoms. The SMILES string of the molecule is CCOC(=O)[C@@H](OC)[C@H](Nc1ccc(OC)cc1)c1ccccc1. The topological polar surface area (TPSA) is 56.8 Å². The van der Waals surface area contributed by atoms with Crippen LogP contribution in [0.2, 0.25) is 0 Å². The van der Waals surface area contributed by atoms with E-state index in [0.29, 0.717) is 6.61 Å². The average molecular weight is 329 g/mol. The molecule has 0 saturated heterocycles. The molecule has 1 N–H and O–H groups in total. The second-order valence-corrected chi connectivity index (χ2v) is 5.17. The maximum atomic E-state index is 12.3. The van der Waals surface area contributed by atoms with Crippen molar-refractivity contribution in [2.75, 3.05) is 26.1 Å². The highest BCUT2D eigenvalue weighted by atomic mass is 16.6. The van der Waals surface area contributed by atoms with Gasteiger partial charge >= 0.3 is 5.97 Å². The van der Waals surface area contributed by atoms with E-state index in [9.17, 15) is 4.79 Å². The van der Waals surface area contributed by atoms with Gasteiger partial charge in [0.2, 0.25) is 0 Å². The van der Waals surface area contributed by atoms with Gasteiger partial charge in [-0.15, -0.1) is 0 Å². The van der Waals surface area contributed by atoms with Crippen molar-refractivity contribution in [2.45, 2.75) is 19.1 Å². The van der Waals surface area contributed by atoms with Crippen molar-refractivity contribution >= 4 is 11.7 Å². The molecule has 2 aromatic carbocycles. The Hall–Kier alpha value is -2.53. The van der Waals surface area contributed by atoms with Crippen molar-refractivity contribution in [1.82, 2.24) is 0 Å². The van der Waals surface area contributed by atoms with Crippen molar-refractivity contribution < 1.29 is 19.0 Å². The lowest BCUT2D eigenvalue weighted by molar-refractivity contribution is -0.155. The van der Waals surface area contributed by atoms with Crippen LogP contribution in [0, 0.1) is 0 Å². The minimum absolute atomic E-state index is 0.308. The summed E-state index contributed by atoms with van der Waals surface area (Å²) in [4.78, 5) is 12.3. The summed E-state index contributed by atoms with van der Waals surface area (Å²) in [6, 6.07) is 16.8. The van der Waals surface area contributed by atoms with Gasteiger partial charge in [-0.3, -0.25) is 0 Å². The largest absolute Gasteiger partial charge is 0.497 e. The summed E-state index contributed by atoms with van der Waals surface area (Å²) in [6.45, 7) is 2.09. The molecule has 0 aliphatic carbocycles. The number of benzene rings is 2. The Morgan fingerprint density at radius 2 is 1.71 bits per heavy atom. The number of methoxy groups -OCH3 is 2. The lowest BCUT2D eigenvalue weighted by atomic mass is 10.0. The Morgan fingerprint density at radius 3 is 2.25 bits per heavy atom. The zero-order valence-corrected chi connectivity index (χ0v) is 14.2. The number of anilines is 1. The number of esters is 1. The molecular weight excluding hydrogens is 306 g/mol. The summed E-state index contributed by atoms with van der Waals surface area (Å²) < 4.78 is 15.8. The Kier molecular flexibility index (Phi) is 6.63. The minimum Gasteiger partial charge on any atom is -0.497 e. The van der Waals surface area contributed by atoms with Gasteiger partial charge in [0, 0.05) is 12.8 Å². The molecule has 5 nitrogen and oxygen atoms in total. The standard InChI is InChI=1S/C19H23NO4/c1-4-24-19(21)18(23-3)17(14-8-6-5-7-9-14)20-15-10-12-16(22-2)13-11-15/h5-13,17-18,20H,4H2,1-3H3/t17-,18+/m1/s1. The van der Waals surface area contributed by atoms with Crippen LogP contribution in [0.3, 0.4) is 0 Å². The van der Waals surface area contributed by atoms with Crippen LogP contribution >= 0.6 is 0 Å². The molecule has 0 aromatic heterocycles. The van der Waals surface area contributed by atoms with E-state index < -0.39 is 12.1 Å². The van der Waals surface area contributed by atoms with Gasteiger partial charge in [0.05, 0.1) is 19.8 Å². The smallest absolute Gasteiger partial charge is 0.337 e. The van der Waals surface area contributed by atoms with Gasteiger partial charge in [-0.25, -0.2) is 4.79 Å². The van der Waals surface area contributed by atoms with Crippen LogP contribution in [0.15, 0.2) is 54.6 Å². The molecule has 0 amide bonds. The van der Waals surface area contributed by atoms with E-state index >= 15 is 0 Å². The molecule has 0 spiro atoms. The van der Waals surface area contributed by atoms with Crippen molar-refractivity contribution in [3.63, 3.8) is 0 Å². The molecule has 0 aliphatic rings. The van der Waals surface area contributed by atoms with E-state index in [4.69, 9.17) is 14.2 Å². The molecule has 0 aliphatic heterocycles. The van der Waals surface area contributed by atoms with Gasteiger partial charge < -0.3 is 19.5 Å². The van der Waals surface area contributed by atoms with Crippen molar-refractivity contribution in [1.29, 1.82) is 0 Å². The number of rotatable bonds is 8. The van der Waals surface area contributed by atoms with E-state index in [1.807, 2.05) is 54.6 Å². The van der Waals surface area contributed by atoms with E-state index in [1.54, 1.807) is 14.0 Å². The van der Waals surface area contributed by atoms with E-state index in [1.165, 1.54) is 7.11 Å². The molecule has 0 radical (unpaired) electrons. The van der Waals surface area contributed by atoms with Crippen molar-refractivity contribution in [3.05, 3.63) is 60.2 Å². The highest BCUT2D eigenvalue weighted by Gasteiger charge is 2.31. The van der Waals surface area contributed by atoms with Crippen molar-refractivity contribution in [3.8, 4) is 5.75 Å². The summed E-state index contributed by atoms with van der Waals surface area (Å²) in [7, 11) is 3.13. The Balaban J connectivity index is 2.29. The molecular formula is C19H23NO4. The van der Waals surface area contributed by atoms with Crippen LogP contribution in [-0.2, 0) is 14.3 Å². The lowest BCUT2D eigenvalue weighted by Crippen LogP contribution is -2.36. The summed E-state index contributed by atoms with van der Waals surface area (Å²) >= 11 is 0. The maximum absolute atomic E-state index is 12.3. The first-order valence-electron chi connectivity index (χ1n) is 7.84. The van der Waals surface area contributed by atoms with E-state index in [-0.39, 0.29) is 6.04 Å². The second kappa shape index (κ2) is 8.93. The second-order valence-electron chi connectivity index (χ2n) is 5.17. The molecule has 0 heterocycles. The molecule has 2 rings (SSSR count). The van der Waals surface area contributed by atoms with Gasteiger partial charge in [0.1, 0.15) is 5.75 Å². The third-order valence-electron chi connectivity index (χ3n) is 3.65. The number of hydrogen-bond donors (Lipinski definition) is 1. The molecule has 0 fully saturated rings. The zero-order chi connectivity index (χ0) is 17.4. The molecule has 0 saturated carbocycles. The molecule has 0 bridgehead atoms. The molecule has 128 valence electrons. The fourth-order valence-corrected chi connectivity index (χ4v) is 2.45. The Bertz CT molecular complexity index is 628. The van der Waals surface area contributed by atoms with E-state index in [2.05, 4.69) is 5.32 Å². The highest BCUT2D eigenvalue weighted by molar-refractivity contribution is 5.77. The quantitative estimate of drug-likeness (QED) is 0.752. The van der Waals surface area contributed by atoms with Gasteiger partial charge in [-0.2, -0.15) is 0 Å². The molecule has 0 unspecified atom stereocenters. The van der Waals surface area contributed by atoms with Gasteiger partial charge in [-0.05, 0) is 36.8 Å². The summed E-state index contributed by atoms with van der Waals surface area (Å²) in [6.07, 6.45) is -0.755. The fraction of sp³-hybridized carbons (Fsp3) is 0.316. The van der Waals surface area contributed by atoms with E-state index in [0.717, 1.165) is 17.0 Å². The van der Waals surface area contributed by atoms with Crippen LogP contribution in [0.4, 0.5) is 5.69 Å². The van der Waals surface area contributed by atoms with Crippen LogP contribution < -0.4 is 10.1 Å². The van der Waals surface area contributed by atoms with Crippen LogP contribution in [0.25, 0.3) is 0 Å². The highest BCUT2D eigenvalue weighted by Crippen LogP contribution is 2.26. The number of hydrogen-bond acceptors (Lipinski definition) is 5. The number of carbonyl (C=O) groups excluding carboxylic acids is 1. The maximum Gasteiger partial charge on any atom is 0.337 e. The first kappa shape index (κ1) is 17.8. The third-order valence-corrected chi connectivity index (χ3v) is 3.65. The first-order valence-corrected chi connectivity index (χ1v) is 7.84. The number of carbonyl (C=O) groups is 1. The minimum atomic E-state index is -0.755. The zero-order valence-electron chi connectivity index (χ0n) is 14.2. The monoisotopic (exact) mass is 329 g/mol. The Morgan fingerprint density at radius 1 is 1.04 bits per heavy atom. The van der Waals surface area contributed by atoms with Gasteiger partial charge in [0.25, 0.3) is 0 Å². The average Bonchev–Trinajstić information content (AvgIpc) is 2.63. The number of ether oxygens (including phenoxy) is 3. The lowest BCUT2D eigenvalue weighted by Gasteiger charge is -2.27. The molecule has 5 heteroatoms. The first-order chi connectivity index (χ1) is 11.7. The third kappa shape index (κ3) is 4.49. The normalized spacial score (nSPS) is 13.0. The van der Waals surface area contributed by atoms with Crippen LogP contribution in [0.1, 0.15) is 18.5 Å². The van der Waals surface area contributed by atoms with Crippen molar-refractivity contribution in [2.24, 2.45) is 0 Å². The fourth-order valence-electron chi connectivity index (χ4n) is 2.45. The predicted octanol–water partition coefficient (Wildman–Crippen LogP) is 3.43. The molecule has 2 atom stereocenters.